The van der Waals surface area contributed by atoms with Gasteiger partial charge in [-0.3, -0.25) is 4.79 Å². The maximum atomic E-state index is 10.6. The first-order valence-electron chi connectivity index (χ1n) is 5.22. The van der Waals surface area contributed by atoms with E-state index in [4.69, 9.17) is 14.6 Å². The largest absolute Gasteiger partial charge is 0.494 e. The summed E-state index contributed by atoms with van der Waals surface area (Å²) in [7, 11) is 0. The minimum Gasteiger partial charge on any atom is -0.494 e. The van der Waals surface area contributed by atoms with Crippen LogP contribution in [0.4, 0.5) is 0 Å². The zero-order valence-electron chi connectivity index (χ0n) is 9.47. The third kappa shape index (κ3) is 3.81. The highest BCUT2D eigenvalue weighted by Gasteiger charge is 2.11. The van der Waals surface area contributed by atoms with E-state index in [2.05, 4.69) is 0 Å². The fourth-order valence-corrected chi connectivity index (χ4v) is 1.11. The molecule has 1 unspecified atom stereocenters. The Labute approximate surface area is 94.8 Å². The second-order valence-electron chi connectivity index (χ2n) is 3.46. The molecule has 1 rings (SSSR count). The topological polar surface area (TPSA) is 55.8 Å². The molecule has 0 heterocycles. The van der Waals surface area contributed by atoms with Crippen LogP contribution >= 0.6 is 0 Å². The Kier molecular flexibility index (Phi) is 4.64. The van der Waals surface area contributed by atoms with Crippen LogP contribution in [0, 0.1) is 5.92 Å². The normalized spacial score (nSPS) is 11.9. The standard InChI is InChI=1S/C12H16O4/c1-3-15-10-5-4-6-11(7-10)16-8-9(2)12(13)14/h4-7,9H,3,8H2,1-2H3,(H,13,14). The summed E-state index contributed by atoms with van der Waals surface area (Å²) in [6.07, 6.45) is 0. The van der Waals surface area contributed by atoms with Gasteiger partial charge in [0.15, 0.2) is 0 Å². The molecule has 0 bridgehead atoms. The number of carbonyl (C=O) groups is 1. The summed E-state index contributed by atoms with van der Waals surface area (Å²) in [5, 5.41) is 8.69. The molecule has 0 aliphatic heterocycles. The summed E-state index contributed by atoms with van der Waals surface area (Å²) in [5.74, 6) is -0.0289. The highest BCUT2D eigenvalue weighted by atomic mass is 16.5. The van der Waals surface area contributed by atoms with Crippen molar-refractivity contribution in [1.29, 1.82) is 0 Å². The van der Waals surface area contributed by atoms with E-state index in [9.17, 15) is 4.79 Å². The Bertz CT molecular complexity index is 349. The Morgan fingerprint density at radius 2 is 2.00 bits per heavy atom. The van der Waals surface area contributed by atoms with E-state index < -0.39 is 11.9 Å². The van der Waals surface area contributed by atoms with Crippen LogP contribution in [0.25, 0.3) is 0 Å². The SMILES string of the molecule is CCOc1cccc(OCC(C)C(=O)O)c1. The first kappa shape index (κ1) is 12.4. The zero-order chi connectivity index (χ0) is 12.0. The monoisotopic (exact) mass is 224 g/mol. The van der Waals surface area contributed by atoms with Gasteiger partial charge in [-0.05, 0) is 26.0 Å². The summed E-state index contributed by atoms with van der Waals surface area (Å²) in [5.41, 5.74) is 0. The van der Waals surface area contributed by atoms with Gasteiger partial charge < -0.3 is 14.6 Å². The van der Waals surface area contributed by atoms with Gasteiger partial charge in [0.25, 0.3) is 0 Å². The van der Waals surface area contributed by atoms with E-state index in [0.717, 1.165) is 5.75 Å². The molecule has 0 aromatic heterocycles. The van der Waals surface area contributed by atoms with Gasteiger partial charge in [0.05, 0.1) is 12.5 Å². The molecule has 1 N–H and O–H groups in total. The third-order valence-corrected chi connectivity index (χ3v) is 2.04. The van der Waals surface area contributed by atoms with Crippen molar-refractivity contribution in [2.75, 3.05) is 13.2 Å². The van der Waals surface area contributed by atoms with Gasteiger partial charge >= 0.3 is 5.97 Å². The molecule has 4 heteroatoms. The van der Waals surface area contributed by atoms with Gasteiger partial charge in [-0.2, -0.15) is 0 Å². The molecule has 0 fully saturated rings. The molecule has 1 aromatic carbocycles. The summed E-state index contributed by atoms with van der Waals surface area (Å²) < 4.78 is 10.7. The summed E-state index contributed by atoms with van der Waals surface area (Å²) >= 11 is 0. The van der Waals surface area contributed by atoms with Crippen molar-refractivity contribution < 1.29 is 19.4 Å². The second kappa shape index (κ2) is 6.00. The fourth-order valence-electron chi connectivity index (χ4n) is 1.11. The predicted octanol–water partition coefficient (Wildman–Crippen LogP) is 2.18. The van der Waals surface area contributed by atoms with Gasteiger partial charge in [0, 0.05) is 6.07 Å². The summed E-state index contributed by atoms with van der Waals surface area (Å²) in [6, 6.07) is 7.16. The highest BCUT2D eigenvalue weighted by molar-refractivity contribution is 5.69. The van der Waals surface area contributed by atoms with E-state index in [1.807, 2.05) is 19.1 Å². The van der Waals surface area contributed by atoms with Gasteiger partial charge in [-0.1, -0.05) is 6.07 Å². The second-order valence-corrected chi connectivity index (χ2v) is 3.46. The summed E-state index contributed by atoms with van der Waals surface area (Å²) in [4.78, 5) is 10.6. The molecule has 0 saturated heterocycles. The molecule has 16 heavy (non-hydrogen) atoms. The first-order chi connectivity index (χ1) is 7.63. The van der Waals surface area contributed by atoms with E-state index in [0.29, 0.717) is 12.4 Å². The molecule has 0 spiro atoms. The lowest BCUT2D eigenvalue weighted by Gasteiger charge is -2.10. The Morgan fingerprint density at radius 1 is 1.38 bits per heavy atom. The van der Waals surface area contributed by atoms with Crippen LogP contribution in [-0.4, -0.2) is 24.3 Å². The van der Waals surface area contributed by atoms with Crippen molar-refractivity contribution in [2.45, 2.75) is 13.8 Å². The van der Waals surface area contributed by atoms with Crippen LogP contribution in [0.15, 0.2) is 24.3 Å². The minimum atomic E-state index is -0.860. The average molecular weight is 224 g/mol. The molecule has 4 nitrogen and oxygen atoms in total. The zero-order valence-corrected chi connectivity index (χ0v) is 9.47. The van der Waals surface area contributed by atoms with Crippen molar-refractivity contribution in [3.63, 3.8) is 0 Å². The average Bonchev–Trinajstić information content (AvgIpc) is 2.26. The number of benzene rings is 1. The molecule has 0 aliphatic rings. The smallest absolute Gasteiger partial charge is 0.309 e. The Balaban J connectivity index is 2.53. The number of hydrogen-bond donors (Lipinski definition) is 1. The quantitative estimate of drug-likeness (QED) is 0.804. The number of carboxylic acids is 1. The number of rotatable bonds is 6. The number of aliphatic carboxylic acids is 1. The molecular weight excluding hydrogens is 208 g/mol. The molecule has 1 aromatic rings. The van der Waals surface area contributed by atoms with E-state index >= 15 is 0 Å². The van der Waals surface area contributed by atoms with Crippen LogP contribution in [0.3, 0.4) is 0 Å². The van der Waals surface area contributed by atoms with Crippen molar-refractivity contribution >= 4 is 5.97 Å². The lowest BCUT2D eigenvalue weighted by Crippen LogP contribution is -2.17. The van der Waals surface area contributed by atoms with E-state index in [-0.39, 0.29) is 6.61 Å². The van der Waals surface area contributed by atoms with Crippen molar-refractivity contribution in [1.82, 2.24) is 0 Å². The van der Waals surface area contributed by atoms with Gasteiger partial charge in [0.2, 0.25) is 0 Å². The van der Waals surface area contributed by atoms with Crippen molar-refractivity contribution in [3.8, 4) is 11.5 Å². The van der Waals surface area contributed by atoms with Crippen LogP contribution in [-0.2, 0) is 4.79 Å². The maximum Gasteiger partial charge on any atom is 0.309 e. The third-order valence-electron chi connectivity index (χ3n) is 2.04. The fraction of sp³-hybridized carbons (Fsp3) is 0.417. The molecule has 1 atom stereocenters. The minimum absolute atomic E-state index is 0.158. The van der Waals surface area contributed by atoms with Crippen LogP contribution in [0.1, 0.15) is 13.8 Å². The van der Waals surface area contributed by atoms with E-state index in [1.54, 1.807) is 19.1 Å². The predicted molar refractivity (Wildman–Crippen MR) is 59.9 cm³/mol. The molecule has 0 aliphatic carbocycles. The summed E-state index contributed by atoms with van der Waals surface area (Å²) in [6.45, 7) is 4.26. The Morgan fingerprint density at radius 3 is 2.56 bits per heavy atom. The first-order valence-corrected chi connectivity index (χ1v) is 5.22. The molecule has 0 radical (unpaired) electrons. The molecular formula is C12H16O4. The molecule has 0 saturated carbocycles. The number of carboxylic acid groups (broad SMARTS) is 1. The van der Waals surface area contributed by atoms with Crippen molar-refractivity contribution in [2.24, 2.45) is 5.92 Å². The van der Waals surface area contributed by atoms with Gasteiger partial charge in [0.1, 0.15) is 18.1 Å². The van der Waals surface area contributed by atoms with Crippen molar-refractivity contribution in [3.05, 3.63) is 24.3 Å². The maximum absolute atomic E-state index is 10.6. The Hall–Kier alpha value is -1.71. The lowest BCUT2D eigenvalue weighted by atomic mass is 10.2. The number of hydrogen-bond acceptors (Lipinski definition) is 3. The molecule has 0 amide bonds. The highest BCUT2D eigenvalue weighted by Crippen LogP contribution is 2.19. The lowest BCUT2D eigenvalue weighted by molar-refractivity contribution is -0.142. The molecule has 88 valence electrons. The number of ether oxygens (including phenoxy) is 2. The van der Waals surface area contributed by atoms with Crippen LogP contribution in [0.5, 0.6) is 11.5 Å². The van der Waals surface area contributed by atoms with Gasteiger partial charge in [-0.15, -0.1) is 0 Å². The van der Waals surface area contributed by atoms with Crippen LogP contribution in [0.2, 0.25) is 0 Å². The van der Waals surface area contributed by atoms with E-state index in [1.165, 1.54) is 0 Å². The van der Waals surface area contributed by atoms with Crippen LogP contribution < -0.4 is 9.47 Å². The van der Waals surface area contributed by atoms with Gasteiger partial charge in [-0.25, -0.2) is 0 Å².